The van der Waals surface area contributed by atoms with E-state index in [0.29, 0.717) is 17.5 Å². The highest BCUT2D eigenvalue weighted by Crippen LogP contribution is 2.43. The second kappa shape index (κ2) is 21.1. The van der Waals surface area contributed by atoms with Crippen molar-refractivity contribution in [3.8, 4) is 101 Å². The van der Waals surface area contributed by atoms with Gasteiger partial charge in [-0.3, -0.25) is 0 Å². The molecule has 0 fully saturated rings. The molecule has 0 atom stereocenters. The molecule has 88 heavy (non-hydrogen) atoms. The summed E-state index contributed by atoms with van der Waals surface area (Å²) in [5, 5.41) is 17.0. The molecule has 0 aliphatic heterocycles. The van der Waals surface area contributed by atoms with Gasteiger partial charge in [0.1, 0.15) is 0 Å². The number of aromatic nitrogens is 3. The molecule has 0 aliphatic carbocycles. The molecule has 1 aromatic heterocycles. The maximum absolute atomic E-state index is 5.65. The van der Waals surface area contributed by atoms with E-state index < -0.39 is 0 Å². The zero-order valence-electron chi connectivity index (χ0n) is 47.9. The number of hydrogen-bond donors (Lipinski definition) is 0. The molecule has 0 N–H and O–H groups in total. The standard InChI is InChI=1S/C85H53N3/c1-5-31-69-54(19-1)23-15-39-73(69)63-47-64(74-40-16-24-55-20-2-6-32-70(55)74)50-67(49-63)84-86-83(87-85(88-84)68-51-65(75-41-17-25-56-21-3-7-33-71(56)75)48-66(52-68)76-42-18-26-57-22-4-8-34-72(57)76)62-30-14-29-60(46-62)58-27-13-28-59(45-58)61-43-44-81-79-37-10-9-35-77(79)78-36-11-12-38-80(78)82(81)53-61/h1-53H. The van der Waals surface area contributed by atoms with E-state index in [1.165, 1.54) is 81.0 Å². The predicted molar refractivity (Wildman–Crippen MR) is 371 cm³/mol. The van der Waals surface area contributed by atoms with Crippen LogP contribution in [-0.4, -0.2) is 15.0 Å². The maximum Gasteiger partial charge on any atom is 0.164 e. The van der Waals surface area contributed by atoms with Crippen molar-refractivity contribution in [3.05, 3.63) is 322 Å². The van der Waals surface area contributed by atoms with Gasteiger partial charge in [0, 0.05) is 16.7 Å². The van der Waals surface area contributed by atoms with Crippen LogP contribution >= 0.6 is 0 Å². The highest BCUT2D eigenvalue weighted by molar-refractivity contribution is 6.26. The summed E-state index contributed by atoms with van der Waals surface area (Å²) in [6, 6.07) is 117. The second-order valence-electron chi connectivity index (χ2n) is 23.0. The van der Waals surface area contributed by atoms with E-state index >= 15 is 0 Å². The van der Waals surface area contributed by atoms with Crippen molar-refractivity contribution in [2.75, 3.05) is 0 Å². The van der Waals surface area contributed by atoms with E-state index in [-0.39, 0.29) is 0 Å². The van der Waals surface area contributed by atoms with Crippen molar-refractivity contribution in [1.29, 1.82) is 0 Å². The normalized spacial score (nSPS) is 11.6. The quantitative estimate of drug-likeness (QED) is 0.135. The van der Waals surface area contributed by atoms with Crippen LogP contribution in [0.2, 0.25) is 0 Å². The molecule has 17 rings (SSSR count). The van der Waals surface area contributed by atoms with Crippen LogP contribution in [0.5, 0.6) is 0 Å². The Morgan fingerprint density at radius 3 is 0.750 bits per heavy atom. The average molecular weight is 1120 g/mol. The minimum atomic E-state index is 0.579. The van der Waals surface area contributed by atoms with Crippen molar-refractivity contribution in [2.24, 2.45) is 0 Å². The van der Waals surface area contributed by atoms with Gasteiger partial charge in [-0.05, 0) is 197 Å². The zero-order valence-corrected chi connectivity index (χ0v) is 47.9. The fraction of sp³-hybridized carbons (Fsp3) is 0. The summed E-state index contributed by atoms with van der Waals surface area (Å²) in [5.74, 6) is 1.74. The predicted octanol–water partition coefficient (Wildman–Crippen LogP) is 22.9. The van der Waals surface area contributed by atoms with Gasteiger partial charge in [-0.25, -0.2) is 15.0 Å². The van der Waals surface area contributed by atoms with Crippen molar-refractivity contribution in [3.63, 3.8) is 0 Å². The number of fused-ring (bicyclic) bond motifs is 10. The molecule has 1 heterocycles. The Kier molecular flexibility index (Phi) is 12.2. The molecular formula is C85H53N3. The van der Waals surface area contributed by atoms with Crippen LogP contribution in [0.3, 0.4) is 0 Å². The van der Waals surface area contributed by atoms with Gasteiger partial charge in [-0.15, -0.1) is 0 Å². The molecule has 3 heteroatoms. The van der Waals surface area contributed by atoms with E-state index in [9.17, 15) is 0 Å². The molecule has 0 spiro atoms. The highest BCUT2D eigenvalue weighted by Gasteiger charge is 2.20. The Morgan fingerprint density at radius 1 is 0.136 bits per heavy atom. The van der Waals surface area contributed by atoms with Gasteiger partial charge < -0.3 is 0 Å². The van der Waals surface area contributed by atoms with Gasteiger partial charge >= 0.3 is 0 Å². The van der Waals surface area contributed by atoms with E-state index in [2.05, 4.69) is 322 Å². The van der Waals surface area contributed by atoms with Crippen LogP contribution in [0.1, 0.15) is 0 Å². The van der Waals surface area contributed by atoms with Crippen LogP contribution in [0.15, 0.2) is 322 Å². The van der Waals surface area contributed by atoms with Gasteiger partial charge in [-0.1, -0.05) is 267 Å². The Labute approximate surface area is 509 Å². The molecule has 0 amide bonds. The first kappa shape index (κ1) is 50.8. The minimum absolute atomic E-state index is 0.579. The lowest BCUT2D eigenvalue weighted by atomic mass is 9.91. The first-order valence-corrected chi connectivity index (χ1v) is 30.1. The summed E-state index contributed by atoms with van der Waals surface area (Å²) in [7, 11) is 0. The first-order valence-electron chi connectivity index (χ1n) is 30.1. The third-order valence-corrected chi connectivity index (χ3v) is 17.8. The van der Waals surface area contributed by atoms with Gasteiger partial charge in [0.25, 0.3) is 0 Å². The lowest BCUT2D eigenvalue weighted by Crippen LogP contribution is -2.01. The zero-order chi connectivity index (χ0) is 58.1. The molecule has 0 radical (unpaired) electrons. The smallest absolute Gasteiger partial charge is 0.164 e. The fourth-order valence-corrected chi connectivity index (χ4v) is 13.6. The Balaban J connectivity index is 0.878. The second-order valence-corrected chi connectivity index (χ2v) is 23.0. The average Bonchev–Trinajstić information content (AvgIpc) is 1.36. The molecule has 0 unspecified atom stereocenters. The van der Waals surface area contributed by atoms with Crippen LogP contribution < -0.4 is 0 Å². The largest absolute Gasteiger partial charge is 0.208 e. The minimum Gasteiger partial charge on any atom is -0.208 e. The molecule has 0 saturated heterocycles. The van der Waals surface area contributed by atoms with E-state index in [1.807, 2.05) is 0 Å². The van der Waals surface area contributed by atoms with Crippen LogP contribution in [0.25, 0.3) is 176 Å². The number of hydrogen-bond acceptors (Lipinski definition) is 3. The number of nitrogens with zero attached hydrogens (tertiary/aromatic N) is 3. The highest BCUT2D eigenvalue weighted by atomic mass is 15.0. The molecule has 16 aromatic carbocycles. The van der Waals surface area contributed by atoms with Crippen molar-refractivity contribution < 1.29 is 0 Å². The third-order valence-electron chi connectivity index (χ3n) is 17.8. The number of benzene rings is 16. The van der Waals surface area contributed by atoms with E-state index in [0.717, 1.165) is 77.9 Å². The number of rotatable bonds is 9. The summed E-state index contributed by atoms with van der Waals surface area (Å²) in [4.78, 5) is 16.8. The topological polar surface area (TPSA) is 38.7 Å². The summed E-state index contributed by atoms with van der Waals surface area (Å²) in [5.41, 5.74) is 16.0. The van der Waals surface area contributed by atoms with E-state index in [4.69, 9.17) is 15.0 Å². The van der Waals surface area contributed by atoms with Gasteiger partial charge in [0.05, 0.1) is 0 Å². The van der Waals surface area contributed by atoms with Gasteiger partial charge in [-0.2, -0.15) is 0 Å². The molecule has 0 aliphatic rings. The van der Waals surface area contributed by atoms with Crippen LogP contribution in [-0.2, 0) is 0 Å². The van der Waals surface area contributed by atoms with Crippen LogP contribution in [0.4, 0.5) is 0 Å². The summed E-state index contributed by atoms with van der Waals surface area (Å²) < 4.78 is 0. The van der Waals surface area contributed by atoms with Crippen molar-refractivity contribution in [2.45, 2.75) is 0 Å². The molecule has 3 nitrogen and oxygen atoms in total. The molecular weight excluding hydrogens is 1060 g/mol. The Morgan fingerprint density at radius 2 is 0.375 bits per heavy atom. The molecule has 0 bridgehead atoms. The summed E-state index contributed by atoms with van der Waals surface area (Å²) in [6.07, 6.45) is 0. The molecule has 17 aromatic rings. The van der Waals surface area contributed by atoms with Crippen molar-refractivity contribution >= 4 is 75.4 Å². The molecule has 0 saturated carbocycles. The third kappa shape index (κ3) is 8.96. The van der Waals surface area contributed by atoms with Crippen LogP contribution in [0, 0.1) is 0 Å². The summed E-state index contributed by atoms with van der Waals surface area (Å²) >= 11 is 0. The monoisotopic (exact) mass is 1120 g/mol. The SMILES string of the molecule is c1cc(-c2cccc(-c3nc(-c4cc(-c5cccc6ccccc56)cc(-c5cccc6ccccc56)c4)nc(-c4cc(-c5cccc6ccccc56)cc(-c5cccc6ccccc56)c4)n3)c2)cc(-c2ccc3c4ccccc4c4ccccc4c3c2)c1. The van der Waals surface area contributed by atoms with E-state index in [1.54, 1.807) is 0 Å². The lowest BCUT2D eigenvalue weighted by molar-refractivity contribution is 1.07. The Bertz CT molecular complexity index is 5190. The van der Waals surface area contributed by atoms with Gasteiger partial charge in [0.15, 0.2) is 17.5 Å². The fourth-order valence-electron chi connectivity index (χ4n) is 13.6. The van der Waals surface area contributed by atoms with Gasteiger partial charge in [0.2, 0.25) is 0 Å². The molecule has 408 valence electrons. The first-order chi connectivity index (χ1) is 43.6. The maximum atomic E-state index is 5.65. The summed E-state index contributed by atoms with van der Waals surface area (Å²) in [6.45, 7) is 0. The Hall–Kier alpha value is -11.7. The lowest BCUT2D eigenvalue weighted by Gasteiger charge is -2.16. The van der Waals surface area contributed by atoms with Crippen molar-refractivity contribution in [1.82, 2.24) is 15.0 Å².